The number of nitrogens with one attached hydrogen (secondary N) is 1. The van der Waals surface area contributed by atoms with Crippen LogP contribution in [-0.4, -0.2) is 38.4 Å². The van der Waals surface area contributed by atoms with Crippen molar-refractivity contribution < 1.29 is 4.79 Å². The second-order valence-electron chi connectivity index (χ2n) is 6.06. The summed E-state index contributed by atoms with van der Waals surface area (Å²) in [6.07, 6.45) is 0.771. The topological polar surface area (TPSA) is 72.7 Å². The Kier molecular flexibility index (Phi) is 6.01. The van der Waals surface area contributed by atoms with Gasteiger partial charge in [0, 0.05) is 11.6 Å². The molecular weight excluding hydrogens is 334 g/mol. The van der Waals surface area contributed by atoms with Crippen molar-refractivity contribution in [2.45, 2.75) is 37.9 Å². The molecule has 6 nitrogen and oxygen atoms in total. The Bertz CT molecular complexity index is 651. The van der Waals surface area contributed by atoms with Gasteiger partial charge in [0.1, 0.15) is 0 Å². The van der Waals surface area contributed by atoms with Gasteiger partial charge in [-0.05, 0) is 55.3 Å². The fourth-order valence-corrected chi connectivity index (χ4v) is 2.88. The van der Waals surface area contributed by atoms with Crippen LogP contribution in [0.3, 0.4) is 0 Å². The van der Waals surface area contributed by atoms with Gasteiger partial charge in [0.05, 0.1) is 11.3 Å². The number of thioether (sulfide) groups is 1. The second-order valence-corrected chi connectivity index (χ2v) is 7.44. The lowest BCUT2D eigenvalue weighted by Crippen LogP contribution is -2.28. The van der Waals surface area contributed by atoms with Gasteiger partial charge in [0.25, 0.3) is 0 Å². The molecule has 0 aliphatic rings. The Balaban J connectivity index is 1.75. The molecule has 1 N–H and O–H groups in total. The lowest BCUT2D eigenvalue weighted by molar-refractivity contribution is -0.118. The van der Waals surface area contributed by atoms with Crippen LogP contribution in [0, 0.1) is 0 Å². The zero-order valence-electron chi connectivity index (χ0n) is 13.4. The zero-order valence-corrected chi connectivity index (χ0v) is 15.0. The smallest absolute Gasteiger partial charge is 0.230 e. The highest BCUT2D eigenvalue weighted by Gasteiger charge is 2.20. The van der Waals surface area contributed by atoms with Crippen LogP contribution >= 0.6 is 23.4 Å². The molecule has 0 aliphatic heterocycles. The highest BCUT2D eigenvalue weighted by Crippen LogP contribution is 2.20. The van der Waals surface area contributed by atoms with Crippen LogP contribution in [0.15, 0.2) is 29.4 Å². The van der Waals surface area contributed by atoms with E-state index in [1.165, 1.54) is 11.8 Å². The number of benzene rings is 1. The van der Waals surface area contributed by atoms with Crippen molar-refractivity contribution >= 4 is 29.3 Å². The molecule has 2 rings (SSSR count). The van der Waals surface area contributed by atoms with Gasteiger partial charge in [0.15, 0.2) is 0 Å². The summed E-state index contributed by atoms with van der Waals surface area (Å²) in [4.78, 5) is 11.9. The maximum Gasteiger partial charge on any atom is 0.230 e. The molecule has 8 heteroatoms. The highest BCUT2D eigenvalue weighted by atomic mass is 35.5. The van der Waals surface area contributed by atoms with Crippen molar-refractivity contribution in [3.63, 3.8) is 0 Å². The average Bonchev–Trinajstić information content (AvgIpc) is 2.96. The lowest BCUT2D eigenvalue weighted by Gasteiger charge is -2.19. The Hall–Kier alpha value is -1.60. The van der Waals surface area contributed by atoms with E-state index in [-0.39, 0.29) is 17.2 Å². The number of amides is 1. The van der Waals surface area contributed by atoms with E-state index >= 15 is 0 Å². The van der Waals surface area contributed by atoms with Crippen molar-refractivity contribution in [1.82, 2.24) is 25.5 Å². The first-order valence-electron chi connectivity index (χ1n) is 7.29. The normalized spacial score (nSPS) is 11.5. The fourth-order valence-electron chi connectivity index (χ4n) is 1.87. The van der Waals surface area contributed by atoms with E-state index in [9.17, 15) is 4.79 Å². The SMILES string of the molecule is CC(C)(C)n1nnnc1SCC(=O)NCCc1ccc(Cl)cc1. The summed E-state index contributed by atoms with van der Waals surface area (Å²) in [5.41, 5.74) is 0.927. The van der Waals surface area contributed by atoms with E-state index in [1.54, 1.807) is 4.68 Å². The minimum atomic E-state index is -0.211. The van der Waals surface area contributed by atoms with Crippen LogP contribution in [0.1, 0.15) is 26.3 Å². The standard InChI is InChI=1S/C15H20ClN5OS/c1-15(2,3)21-14(18-19-20-21)23-10-13(22)17-9-8-11-4-6-12(16)7-5-11/h4-7H,8-10H2,1-3H3,(H,17,22). The summed E-state index contributed by atoms with van der Waals surface area (Å²) in [6.45, 7) is 6.63. The predicted octanol–water partition coefficient (Wildman–Crippen LogP) is 2.53. The molecule has 0 bridgehead atoms. The minimum Gasteiger partial charge on any atom is -0.355 e. The number of hydrogen-bond donors (Lipinski definition) is 1. The Morgan fingerprint density at radius 1 is 1.30 bits per heavy atom. The number of hydrogen-bond acceptors (Lipinski definition) is 5. The van der Waals surface area contributed by atoms with Crippen LogP contribution in [0.5, 0.6) is 0 Å². The molecule has 0 unspecified atom stereocenters. The highest BCUT2D eigenvalue weighted by molar-refractivity contribution is 7.99. The average molecular weight is 354 g/mol. The van der Waals surface area contributed by atoms with Crippen molar-refractivity contribution in [1.29, 1.82) is 0 Å². The minimum absolute atomic E-state index is 0.0348. The Morgan fingerprint density at radius 2 is 2.00 bits per heavy atom. The van der Waals surface area contributed by atoms with E-state index < -0.39 is 0 Å². The molecule has 1 aromatic carbocycles. The van der Waals surface area contributed by atoms with E-state index in [4.69, 9.17) is 11.6 Å². The Labute approximate surface area is 145 Å². The summed E-state index contributed by atoms with van der Waals surface area (Å²) < 4.78 is 1.72. The van der Waals surface area contributed by atoms with E-state index in [0.717, 1.165) is 12.0 Å². The van der Waals surface area contributed by atoms with E-state index in [2.05, 4.69) is 20.8 Å². The molecule has 0 aliphatic carbocycles. The van der Waals surface area contributed by atoms with Gasteiger partial charge in [-0.2, -0.15) is 0 Å². The first-order valence-corrected chi connectivity index (χ1v) is 8.65. The van der Waals surface area contributed by atoms with Gasteiger partial charge >= 0.3 is 0 Å². The van der Waals surface area contributed by atoms with Crippen LogP contribution < -0.4 is 5.32 Å². The predicted molar refractivity (Wildman–Crippen MR) is 91.7 cm³/mol. The summed E-state index contributed by atoms with van der Waals surface area (Å²) in [7, 11) is 0. The van der Waals surface area contributed by atoms with Crippen LogP contribution in [0.4, 0.5) is 0 Å². The molecule has 0 fully saturated rings. The molecule has 0 spiro atoms. The van der Waals surface area contributed by atoms with Gasteiger partial charge in [-0.1, -0.05) is 35.5 Å². The molecule has 0 saturated carbocycles. The van der Waals surface area contributed by atoms with Crippen molar-refractivity contribution in [2.24, 2.45) is 0 Å². The van der Waals surface area contributed by atoms with Crippen LogP contribution in [0.2, 0.25) is 5.02 Å². The Morgan fingerprint density at radius 3 is 2.65 bits per heavy atom. The molecule has 1 amide bonds. The lowest BCUT2D eigenvalue weighted by atomic mass is 10.1. The first-order chi connectivity index (χ1) is 10.9. The van der Waals surface area contributed by atoms with Crippen molar-refractivity contribution in [3.05, 3.63) is 34.9 Å². The number of nitrogens with zero attached hydrogens (tertiary/aromatic N) is 4. The third-order valence-electron chi connectivity index (χ3n) is 3.06. The largest absolute Gasteiger partial charge is 0.355 e. The maximum absolute atomic E-state index is 11.9. The summed E-state index contributed by atoms with van der Waals surface area (Å²) in [5.74, 6) is 0.254. The number of carbonyl (C=O) groups is 1. The summed E-state index contributed by atoms with van der Waals surface area (Å²) in [6, 6.07) is 7.61. The van der Waals surface area contributed by atoms with E-state index in [1.807, 2.05) is 45.0 Å². The zero-order chi connectivity index (χ0) is 16.9. The molecule has 1 heterocycles. The molecular formula is C15H20ClN5OS. The molecule has 0 radical (unpaired) electrons. The summed E-state index contributed by atoms with van der Waals surface area (Å²) in [5, 5.41) is 15.9. The van der Waals surface area contributed by atoms with Gasteiger partial charge in [0.2, 0.25) is 11.1 Å². The van der Waals surface area contributed by atoms with Gasteiger partial charge in [-0.25, -0.2) is 4.68 Å². The number of rotatable bonds is 6. The fraction of sp³-hybridized carbons (Fsp3) is 0.467. The molecule has 23 heavy (non-hydrogen) atoms. The molecule has 0 saturated heterocycles. The van der Waals surface area contributed by atoms with E-state index in [0.29, 0.717) is 16.7 Å². The number of aromatic nitrogens is 4. The van der Waals surface area contributed by atoms with Gasteiger partial charge in [-0.15, -0.1) is 5.10 Å². The second kappa shape index (κ2) is 7.79. The molecule has 124 valence electrons. The van der Waals surface area contributed by atoms with Crippen molar-refractivity contribution in [2.75, 3.05) is 12.3 Å². The quantitative estimate of drug-likeness (QED) is 0.808. The first kappa shape index (κ1) is 17.7. The summed E-state index contributed by atoms with van der Waals surface area (Å²) >= 11 is 7.17. The van der Waals surface area contributed by atoms with Gasteiger partial charge in [-0.3, -0.25) is 4.79 Å². The molecule has 2 aromatic rings. The maximum atomic E-state index is 11.9. The third kappa shape index (κ3) is 5.51. The third-order valence-corrected chi connectivity index (χ3v) is 4.23. The molecule has 0 atom stereocenters. The van der Waals surface area contributed by atoms with Crippen LogP contribution in [0.25, 0.3) is 0 Å². The van der Waals surface area contributed by atoms with Crippen LogP contribution in [-0.2, 0) is 16.8 Å². The number of carbonyl (C=O) groups excluding carboxylic acids is 1. The monoisotopic (exact) mass is 353 g/mol. The number of halogens is 1. The van der Waals surface area contributed by atoms with Gasteiger partial charge < -0.3 is 5.32 Å². The number of tetrazole rings is 1. The van der Waals surface area contributed by atoms with Crippen molar-refractivity contribution in [3.8, 4) is 0 Å². The molecule has 1 aromatic heterocycles.